The SMILES string of the molecule is O=C(C1CCC1)N1CC(O)(c2ccc(C3=CC(c4cc(Cl)c(Cl)c(C(F)(F)F)c4)(C(F)(F)F)ON3)cc2)C1. The Bertz CT molecular complexity index is 1300. The second-order valence-corrected chi connectivity index (χ2v) is 10.5. The zero-order valence-corrected chi connectivity index (χ0v) is 20.9. The highest BCUT2D eigenvalue weighted by Gasteiger charge is 2.60. The van der Waals surface area contributed by atoms with E-state index in [0.717, 1.165) is 19.3 Å². The van der Waals surface area contributed by atoms with Gasteiger partial charge in [-0.25, -0.2) is 0 Å². The highest BCUT2D eigenvalue weighted by Crippen LogP contribution is 2.50. The van der Waals surface area contributed by atoms with Gasteiger partial charge in [0.2, 0.25) is 11.5 Å². The minimum atomic E-state index is -5.18. The molecule has 0 radical (unpaired) electrons. The summed E-state index contributed by atoms with van der Waals surface area (Å²) in [6.07, 6.45) is -6.93. The van der Waals surface area contributed by atoms with Gasteiger partial charge in [0.05, 0.1) is 34.4 Å². The van der Waals surface area contributed by atoms with Gasteiger partial charge < -0.3 is 10.0 Å². The molecule has 1 atom stereocenters. The Kier molecular flexibility index (Phi) is 6.45. The van der Waals surface area contributed by atoms with E-state index >= 15 is 0 Å². The number of aliphatic hydroxyl groups is 1. The molecule has 1 saturated heterocycles. The maximum Gasteiger partial charge on any atom is 0.428 e. The summed E-state index contributed by atoms with van der Waals surface area (Å²) in [5.41, 5.74) is -4.31. The van der Waals surface area contributed by atoms with Crippen molar-refractivity contribution in [2.24, 2.45) is 5.92 Å². The van der Waals surface area contributed by atoms with Crippen molar-refractivity contribution >= 4 is 34.8 Å². The van der Waals surface area contributed by atoms with E-state index in [-0.39, 0.29) is 42.2 Å². The molecule has 1 amide bonds. The lowest BCUT2D eigenvalue weighted by molar-refractivity contribution is -0.269. The van der Waals surface area contributed by atoms with Crippen LogP contribution in [0.4, 0.5) is 26.3 Å². The summed E-state index contributed by atoms with van der Waals surface area (Å²) in [7, 11) is 0. The van der Waals surface area contributed by atoms with Crippen molar-refractivity contribution in [3.05, 3.63) is 74.8 Å². The van der Waals surface area contributed by atoms with E-state index in [0.29, 0.717) is 17.7 Å². The molecule has 204 valence electrons. The fourth-order valence-corrected chi connectivity index (χ4v) is 5.23. The number of carbonyl (C=O) groups excluding carboxylic acids is 1. The number of nitrogens with zero attached hydrogens (tertiary/aromatic N) is 1. The molecule has 2 heterocycles. The lowest BCUT2D eigenvalue weighted by Gasteiger charge is -2.48. The fourth-order valence-electron chi connectivity index (χ4n) is 4.79. The third-order valence-corrected chi connectivity index (χ3v) is 8.06. The van der Waals surface area contributed by atoms with Crippen molar-refractivity contribution in [3.8, 4) is 0 Å². The van der Waals surface area contributed by atoms with E-state index in [1.165, 1.54) is 24.3 Å². The normalized spacial score (nSPS) is 23.4. The number of benzene rings is 2. The Labute approximate surface area is 222 Å². The zero-order chi connectivity index (χ0) is 27.7. The molecule has 3 aliphatic rings. The van der Waals surface area contributed by atoms with Gasteiger partial charge in [0.1, 0.15) is 5.60 Å². The lowest BCUT2D eigenvalue weighted by atomic mass is 9.80. The smallest absolute Gasteiger partial charge is 0.381 e. The van der Waals surface area contributed by atoms with Crippen LogP contribution >= 0.6 is 23.2 Å². The number of rotatable bonds is 4. The maximum absolute atomic E-state index is 14.3. The van der Waals surface area contributed by atoms with Gasteiger partial charge in [-0.2, -0.15) is 26.3 Å². The molecule has 1 unspecified atom stereocenters. The van der Waals surface area contributed by atoms with E-state index in [4.69, 9.17) is 28.0 Å². The Morgan fingerprint density at radius 2 is 1.66 bits per heavy atom. The Morgan fingerprint density at radius 3 is 2.18 bits per heavy atom. The Hall–Kier alpha value is -2.47. The zero-order valence-electron chi connectivity index (χ0n) is 19.4. The number of nitrogens with one attached hydrogen (secondary N) is 1. The second kappa shape index (κ2) is 9.04. The van der Waals surface area contributed by atoms with Crippen molar-refractivity contribution < 1.29 is 41.1 Å². The van der Waals surface area contributed by atoms with Gasteiger partial charge in [-0.15, -0.1) is 0 Å². The molecular formula is C25H20Cl2F6N2O3. The molecule has 2 N–H and O–H groups in total. The average molecular weight is 581 g/mol. The van der Waals surface area contributed by atoms with E-state index in [9.17, 15) is 36.2 Å². The summed E-state index contributed by atoms with van der Waals surface area (Å²) in [5, 5.41) is 9.26. The first-order valence-electron chi connectivity index (χ1n) is 11.6. The topological polar surface area (TPSA) is 61.8 Å². The van der Waals surface area contributed by atoms with Crippen LogP contribution in [0.5, 0.6) is 0 Å². The largest absolute Gasteiger partial charge is 0.428 e. The number of carbonyl (C=O) groups is 1. The van der Waals surface area contributed by atoms with Crippen LogP contribution in [0.3, 0.4) is 0 Å². The summed E-state index contributed by atoms with van der Waals surface area (Å²) in [6, 6.07) is 6.84. The first-order chi connectivity index (χ1) is 17.6. The summed E-state index contributed by atoms with van der Waals surface area (Å²) in [6.45, 7) is 0.226. The average Bonchev–Trinajstić information content (AvgIpc) is 3.24. The number of alkyl halides is 6. The molecule has 2 aromatic carbocycles. The number of hydrogen-bond acceptors (Lipinski definition) is 4. The molecule has 0 aromatic heterocycles. The minimum absolute atomic E-state index is 0.000985. The van der Waals surface area contributed by atoms with Gasteiger partial charge in [0, 0.05) is 11.5 Å². The predicted octanol–water partition coefficient (Wildman–Crippen LogP) is 6.18. The van der Waals surface area contributed by atoms with Crippen LogP contribution in [0, 0.1) is 5.92 Å². The van der Waals surface area contributed by atoms with Crippen molar-refractivity contribution in [1.29, 1.82) is 0 Å². The van der Waals surface area contributed by atoms with E-state index in [2.05, 4.69) is 5.48 Å². The molecule has 0 spiro atoms. The predicted molar refractivity (Wildman–Crippen MR) is 126 cm³/mol. The van der Waals surface area contributed by atoms with E-state index < -0.39 is 44.7 Å². The first kappa shape index (κ1) is 27.1. The highest BCUT2D eigenvalue weighted by molar-refractivity contribution is 6.42. The quantitative estimate of drug-likeness (QED) is 0.424. The molecular weight excluding hydrogens is 561 g/mol. The van der Waals surface area contributed by atoms with Crippen LogP contribution in [0.25, 0.3) is 5.70 Å². The fraction of sp³-hybridized carbons (Fsp3) is 0.400. The lowest BCUT2D eigenvalue weighted by Crippen LogP contribution is -2.62. The molecule has 2 aromatic rings. The van der Waals surface area contributed by atoms with Gasteiger partial charge in [-0.1, -0.05) is 53.9 Å². The van der Waals surface area contributed by atoms with Crippen molar-refractivity contribution in [3.63, 3.8) is 0 Å². The maximum atomic E-state index is 14.3. The number of halogens is 8. The standard InChI is InChI=1S/C25H20Cl2F6N2O3/c26-18-9-16(8-17(20(18)27)24(28,29)30)23(25(31,32)33)10-19(34-38-23)13-4-6-15(7-5-13)22(37)11-35(12-22)21(36)14-2-1-3-14/h4-10,14,34,37H,1-3,11-12H2. The summed E-state index contributed by atoms with van der Waals surface area (Å²) in [5.74, 6) is 0.00779. The molecule has 2 fully saturated rings. The molecule has 13 heteroatoms. The summed E-state index contributed by atoms with van der Waals surface area (Å²) >= 11 is 11.4. The van der Waals surface area contributed by atoms with Crippen molar-refractivity contribution in [2.75, 3.05) is 13.1 Å². The van der Waals surface area contributed by atoms with Crippen LogP contribution in [0.2, 0.25) is 10.0 Å². The molecule has 5 rings (SSSR count). The summed E-state index contributed by atoms with van der Waals surface area (Å²) in [4.78, 5) is 18.8. The summed E-state index contributed by atoms with van der Waals surface area (Å²) < 4.78 is 83.1. The van der Waals surface area contributed by atoms with Crippen LogP contribution in [-0.2, 0) is 27.0 Å². The molecule has 1 aliphatic carbocycles. The third kappa shape index (κ3) is 4.43. The van der Waals surface area contributed by atoms with Crippen molar-refractivity contribution in [2.45, 2.75) is 42.8 Å². The highest BCUT2D eigenvalue weighted by atomic mass is 35.5. The van der Waals surface area contributed by atoms with Crippen LogP contribution in [0.15, 0.2) is 42.5 Å². The van der Waals surface area contributed by atoms with Gasteiger partial charge >= 0.3 is 12.4 Å². The van der Waals surface area contributed by atoms with Crippen LogP contribution in [-0.4, -0.2) is 35.2 Å². The number of hydrogen-bond donors (Lipinski definition) is 2. The molecule has 5 nitrogen and oxygen atoms in total. The second-order valence-electron chi connectivity index (χ2n) is 9.74. The van der Waals surface area contributed by atoms with Crippen molar-refractivity contribution in [1.82, 2.24) is 10.4 Å². The third-order valence-electron chi connectivity index (χ3n) is 7.26. The molecule has 38 heavy (non-hydrogen) atoms. The van der Waals surface area contributed by atoms with Gasteiger partial charge in [0.25, 0.3) is 0 Å². The minimum Gasteiger partial charge on any atom is -0.381 e. The number of amides is 1. The van der Waals surface area contributed by atoms with E-state index in [1.807, 2.05) is 0 Å². The van der Waals surface area contributed by atoms with Gasteiger partial charge in [-0.3, -0.25) is 15.1 Å². The molecule has 2 aliphatic heterocycles. The Balaban J connectivity index is 1.42. The first-order valence-corrected chi connectivity index (χ1v) is 12.3. The number of hydroxylamine groups is 1. The monoisotopic (exact) mass is 580 g/mol. The van der Waals surface area contributed by atoms with Gasteiger partial charge in [-0.05, 0) is 42.2 Å². The molecule has 1 saturated carbocycles. The number of β-amino-alcohol motifs (C(OH)–C–C–N with tert-alkyl or cyclic N) is 1. The van der Waals surface area contributed by atoms with Gasteiger partial charge in [0.15, 0.2) is 0 Å². The van der Waals surface area contributed by atoms with Crippen LogP contribution < -0.4 is 5.48 Å². The molecule has 0 bridgehead atoms. The van der Waals surface area contributed by atoms with Crippen LogP contribution in [0.1, 0.15) is 41.5 Å². The van der Waals surface area contributed by atoms with E-state index in [1.54, 1.807) is 4.90 Å². The Morgan fingerprint density at radius 1 is 1.03 bits per heavy atom. The number of likely N-dealkylation sites (tertiary alicyclic amines) is 1.